The number of amides is 2. The molecular formula is C23H22N2O3. The van der Waals surface area contributed by atoms with Crippen LogP contribution in [0.25, 0.3) is 0 Å². The Morgan fingerprint density at radius 1 is 0.929 bits per heavy atom. The van der Waals surface area contributed by atoms with E-state index in [0.29, 0.717) is 18.7 Å². The summed E-state index contributed by atoms with van der Waals surface area (Å²) in [4.78, 5) is 24.2. The van der Waals surface area contributed by atoms with Crippen molar-refractivity contribution in [2.75, 3.05) is 5.32 Å². The lowest BCUT2D eigenvalue weighted by Crippen LogP contribution is -2.24. The Morgan fingerprint density at radius 3 is 2.50 bits per heavy atom. The molecule has 0 bridgehead atoms. The predicted molar refractivity (Wildman–Crippen MR) is 107 cm³/mol. The molecular weight excluding hydrogens is 352 g/mol. The molecule has 3 aromatic rings. The van der Waals surface area contributed by atoms with E-state index in [1.807, 2.05) is 24.3 Å². The van der Waals surface area contributed by atoms with E-state index in [9.17, 15) is 9.59 Å². The van der Waals surface area contributed by atoms with Crippen LogP contribution in [0, 0.1) is 0 Å². The third-order valence-electron chi connectivity index (χ3n) is 4.97. The Hall–Kier alpha value is -3.34. The SMILES string of the molecule is O=C(Cc1ccc2c(c1)CCC2)NCc1ccc(NC(=O)c2ccco2)cc1. The minimum atomic E-state index is -0.291. The van der Waals surface area contributed by atoms with Gasteiger partial charge < -0.3 is 15.1 Å². The van der Waals surface area contributed by atoms with Crippen molar-refractivity contribution in [1.29, 1.82) is 0 Å². The van der Waals surface area contributed by atoms with Crippen molar-refractivity contribution < 1.29 is 14.0 Å². The number of fused-ring (bicyclic) bond motifs is 1. The molecule has 28 heavy (non-hydrogen) atoms. The molecule has 2 N–H and O–H groups in total. The van der Waals surface area contributed by atoms with Gasteiger partial charge in [0.05, 0.1) is 12.7 Å². The first-order valence-corrected chi connectivity index (χ1v) is 9.48. The molecule has 1 aliphatic rings. The lowest BCUT2D eigenvalue weighted by Gasteiger charge is -2.08. The minimum Gasteiger partial charge on any atom is -0.459 e. The van der Waals surface area contributed by atoms with Crippen LogP contribution in [0.2, 0.25) is 0 Å². The standard InChI is InChI=1S/C23H22N2O3/c26-22(14-17-6-9-18-3-1-4-19(18)13-17)24-15-16-7-10-20(11-8-16)25-23(27)21-5-2-12-28-21/h2,5-13H,1,3-4,14-15H2,(H,24,26)(H,25,27). The van der Waals surface area contributed by atoms with Crippen LogP contribution in [0.5, 0.6) is 0 Å². The van der Waals surface area contributed by atoms with Gasteiger partial charge in [-0.25, -0.2) is 0 Å². The molecule has 1 heterocycles. The largest absolute Gasteiger partial charge is 0.459 e. The number of carbonyl (C=O) groups is 2. The van der Waals surface area contributed by atoms with Crippen molar-refractivity contribution in [3.63, 3.8) is 0 Å². The summed E-state index contributed by atoms with van der Waals surface area (Å²) in [6.07, 6.45) is 5.34. The molecule has 5 heteroatoms. The minimum absolute atomic E-state index is 0.00754. The highest BCUT2D eigenvalue weighted by molar-refractivity contribution is 6.02. The molecule has 0 unspecified atom stereocenters. The summed E-state index contributed by atoms with van der Waals surface area (Å²) in [5.74, 6) is -0.0172. The Bertz CT molecular complexity index is 976. The maximum atomic E-state index is 12.3. The number of benzene rings is 2. The van der Waals surface area contributed by atoms with Gasteiger partial charge in [0, 0.05) is 12.2 Å². The van der Waals surface area contributed by atoms with Gasteiger partial charge in [-0.1, -0.05) is 30.3 Å². The topological polar surface area (TPSA) is 71.3 Å². The zero-order valence-electron chi connectivity index (χ0n) is 15.5. The Balaban J connectivity index is 1.27. The van der Waals surface area contributed by atoms with E-state index in [1.54, 1.807) is 12.1 Å². The van der Waals surface area contributed by atoms with Crippen molar-refractivity contribution >= 4 is 17.5 Å². The zero-order chi connectivity index (χ0) is 19.3. The molecule has 4 rings (SSSR count). The number of furan rings is 1. The molecule has 2 aromatic carbocycles. The molecule has 0 saturated heterocycles. The molecule has 1 aromatic heterocycles. The van der Waals surface area contributed by atoms with E-state index in [-0.39, 0.29) is 17.6 Å². The number of carbonyl (C=O) groups excluding carboxylic acids is 2. The number of rotatable bonds is 6. The zero-order valence-corrected chi connectivity index (χ0v) is 15.5. The summed E-state index contributed by atoms with van der Waals surface area (Å²) < 4.78 is 5.07. The van der Waals surface area contributed by atoms with Gasteiger partial charge >= 0.3 is 0 Å². The van der Waals surface area contributed by atoms with Gasteiger partial charge in [0.2, 0.25) is 5.91 Å². The number of nitrogens with one attached hydrogen (secondary N) is 2. The molecule has 0 radical (unpaired) electrons. The number of hydrogen-bond donors (Lipinski definition) is 2. The molecule has 0 saturated carbocycles. The van der Waals surface area contributed by atoms with Gasteiger partial charge in [-0.15, -0.1) is 0 Å². The molecule has 0 fully saturated rings. The number of aryl methyl sites for hydroxylation is 2. The van der Waals surface area contributed by atoms with Crippen LogP contribution in [0.4, 0.5) is 5.69 Å². The van der Waals surface area contributed by atoms with Crippen LogP contribution in [0.15, 0.2) is 65.3 Å². The fraction of sp³-hybridized carbons (Fsp3) is 0.217. The fourth-order valence-corrected chi connectivity index (χ4v) is 3.49. The molecule has 0 spiro atoms. The fourth-order valence-electron chi connectivity index (χ4n) is 3.49. The van der Waals surface area contributed by atoms with Crippen LogP contribution in [-0.4, -0.2) is 11.8 Å². The summed E-state index contributed by atoms with van der Waals surface area (Å²) >= 11 is 0. The summed E-state index contributed by atoms with van der Waals surface area (Å²) in [7, 11) is 0. The molecule has 1 aliphatic carbocycles. The average molecular weight is 374 g/mol. The van der Waals surface area contributed by atoms with Gasteiger partial charge in [0.1, 0.15) is 0 Å². The maximum Gasteiger partial charge on any atom is 0.291 e. The lowest BCUT2D eigenvalue weighted by molar-refractivity contribution is -0.120. The van der Waals surface area contributed by atoms with E-state index >= 15 is 0 Å². The normalized spacial score (nSPS) is 12.4. The van der Waals surface area contributed by atoms with Crippen molar-refractivity contribution in [2.45, 2.75) is 32.2 Å². The number of hydrogen-bond acceptors (Lipinski definition) is 3. The highest BCUT2D eigenvalue weighted by Crippen LogP contribution is 2.23. The summed E-state index contributed by atoms with van der Waals surface area (Å²) in [6, 6.07) is 17.0. The van der Waals surface area contributed by atoms with Crippen LogP contribution in [-0.2, 0) is 30.6 Å². The second-order valence-corrected chi connectivity index (χ2v) is 7.04. The van der Waals surface area contributed by atoms with Crippen LogP contribution >= 0.6 is 0 Å². The summed E-state index contributed by atoms with van der Waals surface area (Å²) in [6.45, 7) is 0.455. The van der Waals surface area contributed by atoms with Crippen molar-refractivity contribution in [3.8, 4) is 0 Å². The van der Waals surface area contributed by atoms with Gasteiger partial charge in [-0.05, 0) is 65.8 Å². The van der Waals surface area contributed by atoms with Crippen molar-refractivity contribution in [3.05, 3.63) is 88.9 Å². The highest BCUT2D eigenvalue weighted by Gasteiger charge is 2.12. The number of anilines is 1. The van der Waals surface area contributed by atoms with E-state index in [4.69, 9.17) is 4.42 Å². The smallest absolute Gasteiger partial charge is 0.291 e. The molecule has 0 aliphatic heterocycles. The Morgan fingerprint density at radius 2 is 1.71 bits per heavy atom. The quantitative estimate of drug-likeness (QED) is 0.688. The molecule has 2 amide bonds. The first kappa shape index (κ1) is 18.0. The van der Waals surface area contributed by atoms with Gasteiger partial charge in [0.15, 0.2) is 5.76 Å². The first-order valence-electron chi connectivity index (χ1n) is 9.48. The van der Waals surface area contributed by atoms with Crippen molar-refractivity contribution in [2.24, 2.45) is 0 Å². The summed E-state index contributed by atoms with van der Waals surface area (Å²) in [5, 5.41) is 5.73. The van der Waals surface area contributed by atoms with E-state index in [2.05, 4.69) is 28.8 Å². The molecule has 142 valence electrons. The predicted octanol–water partition coefficient (Wildman–Crippen LogP) is 3.88. The van der Waals surface area contributed by atoms with Crippen LogP contribution in [0.1, 0.15) is 39.2 Å². The third-order valence-corrected chi connectivity index (χ3v) is 4.97. The molecule has 0 atom stereocenters. The van der Waals surface area contributed by atoms with Crippen molar-refractivity contribution in [1.82, 2.24) is 5.32 Å². The van der Waals surface area contributed by atoms with Crippen LogP contribution in [0.3, 0.4) is 0 Å². The van der Waals surface area contributed by atoms with Gasteiger partial charge in [-0.3, -0.25) is 9.59 Å². The second-order valence-electron chi connectivity index (χ2n) is 7.04. The molecule has 5 nitrogen and oxygen atoms in total. The summed E-state index contributed by atoms with van der Waals surface area (Å²) in [5.41, 5.74) is 5.52. The highest BCUT2D eigenvalue weighted by atomic mass is 16.3. The van der Waals surface area contributed by atoms with E-state index in [0.717, 1.165) is 24.0 Å². The second kappa shape index (κ2) is 8.13. The lowest BCUT2D eigenvalue weighted by atomic mass is 10.0. The third kappa shape index (κ3) is 4.31. The average Bonchev–Trinajstić information content (AvgIpc) is 3.39. The maximum absolute atomic E-state index is 12.3. The monoisotopic (exact) mass is 374 g/mol. The van der Waals surface area contributed by atoms with E-state index < -0.39 is 0 Å². The van der Waals surface area contributed by atoms with Crippen LogP contribution < -0.4 is 10.6 Å². The Kier molecular flexibility index (Phi) is 5.24. The first-order chi connectivity index (χ1) is 13.7. The Labute approximate surface area is 163 Å². The van der Waals surface area contributed by atoms with Gasteiger partial charge in [0.25, 0.3) is 5.91 Å². The van der Waals surface area contributed by atoms with E-state index in [1.165, 1.54) is 23.8 Å². The van der Waals surface area contributed by atoms with Gasteiger partial charge in [-0.2, -0.15) is 0 Å².